The van der Waals surface area contributed by atoms with Crippen molar-refractivity contribution in [2.45, 2.75) is 26.8 Å². The van der Waals surface area contributed by atoms with Crippen molar-refractivity contribution in [1.82, 2.24) is 5.32 Å². The molecule has 1 atom stereocenters. The van der Waals surface area contributed by atoms with Gasteiger partial charge in [0.15, 0.2) is 0 Å². The summed E-state index contributed by atoms with van der Waals surface area (Å²) < 4.78 is 13.0. The molecule has 0 aliphatic rings. The fraction of sp³-hybridized carbons (Fsp3) is 0.294. The fourth-order valence-electron chi connectivity index (χ4n) is 2.46. The van der Waals surface area contributed by atoms with Crippen LogP contribution in [-0.4, -0.2) is 6.54 Å². The average molecular weight is 257 g/mol. The van der Waals surface area contributed by atoms with Gasteiger partial charge < -0.3 is 5.32 Å². The first-order chi connectivity index (χ1) is 9.10. The number of rotatable bonds is 4. The van der Waals surface area contributed by atoms with Gasteiger partial charge in [-0.15, -0.1) is 0 Å². The van der Waals surface area contributed by atoms with Crippen molar-refractivity contribution in [3.8, 4) is 0 Å². The van der Waals surface area contributed by atoms with Crippen LogP contribution >= 0.6 is 0 Å². The van der Waals surface area contributed by atoms with Gasteiger partial charge in [0, 0.05) is 0 Å². The Bertz CT molecular complexity index is 525. The average Bonchev–Trinajstić information content (AvgIpc) is 2.36. The first-order valence-corrected chi connectivity index (χ1v) is 6.67. The van der Waals surface area contributed by atoms with Gasteiger partial charge in [-0.25, -0.2) is 4.39 Å². The van der Waals surface area contributed by atoms with Crippen LogP contribution in [0.25, 0.3) is 0 Å². The van der Waals surface area contributed by atoms with E-state index in [1.54, 1.807) is 0 Å². The van der Waals surface area contributed by atoms with E-state index in [1.807, 2.05) is 12.1 Å². The normalized spacial score (nSPS) is 12.4. The van der Waals surface area contributed by atoms with Gasteiger partial charge in [0.05, 0.1) is 6.04 Å². The minimum atomic E-state index is -0.195. The quantitative estimate of drug-likeness (QED) is 0.868. The predicted molar refractivity (Wildman–Crippen MR) is 77.8 cm³/mol. The Kier molecular flexibility index (Phi) is 4.33. The molecule has 0 saturated carbocycles. The molecule has 1 unspecified atom stereocenters. The molecule has 0 saturated heterocycles. The van der Waals surface area contributed by atoms with Crippen molar-refractivity contribution in [3.05, 3.63) is 70.5 Å². The van der Waals surface area contributed by atoms with Crippen LogP contribution in [0.4, 0.5) is 4.39 Å². The second-order valence-electron chi connectivity index (χ2n) is 4.96. The Morgan fingerprint density at radius 1 is 0.947 bits per heavy atom. The maximum absolute atomic E-state index is 13.0. The van der Waals surface area contributed by atoms with Crippen molar-refractivity contribution in [2.75, 3.05) is 6.54 Å². The molecule has 0 amide bonds. The molecule has 2 aromatic carbocycles. The molecule has 0 fully saturated rings. The first kappa shape index (κ1) is 13.8. The van der Waals surface area contributed by atoms with Crippen LogP contribution in [0.3, 0.4) is 0 Å². The highest BCUT2D eigenvalue weighted by Gasteiger charge is 2.13. The molecule has 2 aromatic rings. The molecular formula is C17H20FN. The van der Waals surface area contributed by atoms with E-state index in [4.69, 9.17) is 0 Å². The summed E-state index contributed by atoms with van der Waals surface area (Å²) in [5.74, 6) is -0.195. The van der Waals surface area contributed by atoms with E-state index in [9.17, 15) is 4.39 Å². The van der Waals surface area contributed by atoms with E-state index >= 15 is 0 Å². The fourth-order valence-corrected chi connectivity index (χ4v) is 2.46. The zero-order valence-corrected chi connectivity index (χ0v) is 11.7. The molecule has 0 aliphatic carbocycles. The van der Waals surface area contributed by atoms with Crippen molar-refractivity contribution in [3.63, 3.8) is 0 Å². The summed E-state index contributed by atoms with van der Waals surface area (Å²) in [5, 5.41) is 3.47. The van der Waals surface area contributed by atoms with Crippen molar-refractivity contribution in [1.29, 1.82) is 0 Å². The Morgan fingerprint density at radius 3 is 2.05 bits per heavy atom. The Balaban J connectivity index is 2.41. The Hall–Kier alpha value is -1.67. The monoisotopic (exact) mass is 257 g/mol. The van der Waals surface area contributed by atoms with E-state index in [0.717, 1.165) is 12.1 Å². The third-order valence-electron chi connectivity index (χ3n) is 3.19. The summed E-state index contributed by atoms with van der Waals surface area (Å²) in [6.45, 7) is 7.16. The van der Waals surface area contributed by atoms with Gasteiger partial charge in [-0.2, -0.15) is 0 Å². The van der Waals surface area contributed by atoms with Crippen molar-refractivity contribution >= 4 is 0 Å². The summed E-state index contributed by atoms with van der Waals surface area (Å²) in [6.07, 6.45) is 0. The van der Waals surface area contributed by atoms with Crippen LogP contribution in [0.15, 0.2) is 42.5 Å². The second kappa shape index (κ2) is 5.98. The number of benzene rings is 2. The zero-order valence-electron chi connectivity index (χ0n) is 11.7. The second-order valence-corrected chi connectivity index (χ2v) is 4.96. The van der Waals surface area contributed by atoms with Crippen LogP contribution in [0.1, 0.15) is 35.2 Å². The van der Waals surface area contributed by atoms with E-state index < -0.39 is 0 Å². The SMILES string of the molecule is CCNC(c1ccc(F)cc1)c1cc(C)cc(C)c1. The lowest BCUT2D eigenvalue weighted by Gasteiger charge is -2.20. The molecule has 100 valence electrons. The third-order valence-corrected chi connectivity index (χ3v) is 3.19. The molecule has 0 aromatic heterocycles. The van der Waals surface area contributed by atoms with Crippen LogP contribution in [0.2, 0.25) is 0 Å². The number of nitrogens with one attached hydrogen (secondary N) is 1. The summed E-state index contributed by atoms with van der Waals surface area (Å²) in [4.78, 5) is 0. The number of hydrogen-bond donors (Lipinski definition) is 1. The number of hydrogen-bond acceptors (Lipinski definition) is 1. The standard InChI is InChI=1S/C17H20FN/c1-4-19-17(14-5-7-16(18)8-6-14)15-10-12(2)9-13(3)11-15/h5-11,17,19H,4H2,1-3H3. The molecule has 2 heteroatoms. The van der Waals surface area contributed by atoms with Crippen LogP contribution in [-0.2, 0) is 0 Å². The predicted octanol–water partition coefficient (Wildman–Crippen LogP) is 4.14. The maximum Gasteiger partial charge on any atom is 0.123 e. The highest BCUT2D eigenvalue weighted by Crippen LogP contribution is 2.24. The maximum atomic E-state index is 13.0. The van der Waals surface area contributed by atoms with Gasteiger partial charge in [0.25, 0.3) is 0 Å². The summed E-state index contributed by atoms with van der Waals surface area (Å²) >= 11 is 0. The van der Waals surface area contributed by atoms with Crippen LogP contribution in [0, 0.1) is 19.7 Å². The smallest absolute Gasteiger partial charge is 0.123 e. The molecule has 2 rings (SSSR count). The zero-order chi connectivity index (χ0) is 13.8. The van der Waals surface area contributed by atoms with Gasteiger partial charge in [-0.3, -0.25) is 0 Å². The minimum Gasteiger partial charge on any atom is -0.307 e. The topological polar surface area (TPSA) is 12.0 Å². The molecule has 1 N–H and O–H groups in total. The number of aryl methyl sites for hydroxylation is 2. The van der Waals surface area contributed by atoms with E-state index in [2.05, 4.69) is 44.3 Å². The van der Waals surface area contributed by atoms with Crippen LogP contribution < -0.4 is 5.32 Å². The largest absolute Gasteiger partial charge is 0.307 e. The minimum absolute atomic E-state index is 0.115. The van der Waals surface area contributed by atoms with E-state index in [1.165, 1.54) is 28.8 Å². The molecule has 19 heavy (non-hydrogen) atoms. The molecule has 0 radical (unpaired) electrons. The van der Waals surface area contributed by atoms with Crippen molar-refractivity contribution < 1.29 is 4.39 Å². The summed E-state index contributed by atoms with van der Waals surface area (Å²) in [7, 11) is 0. The van der Waals surface area contributed by atoms with Gasteiger partial charge >= 0.3 is 0 Å². The Morgan fingerprint density at radius 2 is 1.53 bits per heavy atom. The van der Waals surface area contributed by atoms with Gasteiger partial charge in [-0.1, -0.05) is 48.4 Å². The van der Waals surface area contributed by atoms with Gasteiger partial charge in [0.1, 0.15) is 5.82 Å². The first-order valence-electron chi connectivity index (χ1n) is 6.67. The van der Waals surface area contributed by atoms with Gasteiger partial charge in [0.2, 0.25) is 0 Å². The van der Waals surface area contributed by atoms with Crippen molar-refractivity contribution in [2.24, 2.45) is 0 Å². The molecule has 1 nitrogen and oxygen atoms in total. The van der Waals surface area contributed by atoms with Crippen LogP contribution in [0.5, 0.6) is 0 Å². The highest BCUT2D eigenvalue weighted by atomic mass is 19.1. The highest BCUT2D eigenvalue weighted by molar-refractivity contribution is 5.36. The van der Waals surface area contributed by atoms with Gasteiger partial charge in [-0.05, 0) is 43.7 Å². The lowest BCUT2D eigenvalue weighted by molar-refractivity contribution is 0.613. The summed E-state index contributed by atoms with van der Waals surface area (Å²) in [6, 6.07) is 13.4. The molecule has 0 bridgehead atoms. The molecule has 0 heterocycles. The van der Waals surface area contributed by atoms with E-state index in [0.29, 0.717) is 0 Å². The number of halogens is 1. The molecule has 0 aliphatic heterocycles. The lowest BCUT2D eigenvalue weighted by Crippen LogP contribution is -2.22. The third kappa shape index (κ3) is 3.42. The van der Waals surface area contributed by atoms with E-state index in [-0.39, 0.29) is 11.9 Å². The lowest BCUT2D eigenvalue weighted by atomic mass is 9.95. The molecule has 0 spiro atoms. The summed E-state index contributed by atoms with van der Waals surface area (Å²) in [5.41, 5.74) is 4.82. The Labute approximate surface area is 114 Å². The molecular weight excluding hydrogens is 237 g/mol.